The molecule has 1 aliphatic rings. The Kier molecular flexibility index (Phi) is 5.21. The molecule has 0 aromatic rings. The number of rotatable bonds is 0. The molecule has 1 fully saturated rings. The van der Waals surface area contributed by atoms with Crippen LogP contribution in [0.2, 0.25) is 0 Å². The topological polar surface area (TPSA) is 20.2 Å². The fraction of sp³-hybridized carbons (Fsp3) is 1.00. The monoisotopic (exact) mass is 150 g/mol. The lowest BCUT2D eigenvalue weighted by Crippen LogP contribution is -2.02. The van der Waals surface area contributed by atoms with Crippen LogP contribution in [0.1, 0.15) is 38.5 Å². The molecule has 0 heterocycles. The van der Waals surface area contributed by atoms with E-state index < -0.39 is 0 Å². The lowest BCUT2D eigenvalue weighted by molar-refractivity contribution is 0.157. The summed E-state index contributed by atoms with van der Waals surface area (Å²) in [6.45, 7) is 0. The van der Waals surface area contributed by atoms with Crippen molar-refractivity contribution in [1.29, 1.82) is 0 Å². The van der Waals surface area contributed by atoms with Gasteiger partial charge in [0.15, 0.2) is 0 Å². The van der Waals surface area contributed by atoms with Crippen molar-refractivity contribution in [2.75, 3.05) is 0 Å². The van der Waals surface area contributed by atoms with E-state index in [1.165, 1.54) is 25.7 Å². The first-order valence-corrected chi connectivity index (χ1v) is 3.57. The number of hydrogen-bond acceptors (Lipinski definition) is 1. The van der Waals surface area contributed by atoms with Gasteiger partial charge in [-0.15, -0.1) is 12.4 Å². The van der Waals surface area contributed by atoms with E-state index in [0.29, 0.717) is 0 Å². The Morgan fingerprint density at radius 2 is 1.33 bits per heavy atom. The molecule has 1 aliphatic carbocycles. The molecule has 1 N–H and O–H groups in total. The van der Waals surface area contributed by atoms with E-state index in [1.54, 1.807) is 0 Å². The van der Waals surface area contributed by atoms with Crippen LogP contribution in [0.5, 0.6) is 0 Å². The number of hydrogen-bond donors (Lipinski definition) is 1. The van der Waals surface area contributed by atoms with Crippen molar-refractivity contribution in [3.05, 3.63) is 0 Å². The van der Waals surface area contributed by atoms with E-state index in [-0.39, 0.29) is 18.5 Å². The molecule has 1 rings (SSSR count). The summed E-state index contributed by atoms with van der Waals surface area (Å²) in [4.78, 5) is 0. The largest absolute Gasteiger partial charge is 0.393 e. The molecule has 0 bridgehead atoms. The first kappa shape index (κ1) is 9.25. The predicted octanol–water partition coefficient (Wildman–Crippen LogP) is 2.12. The van der Waals surface area contributed by atoms with Crippen LogP contribution in [-0.4, -0.2) is 11.2 Å². The molecule has 1 saturated carbocycles. The Hall–Kier alpha value is 0.250. The fourth-order valence-electron chi connectivity index (χ4n) is 1.26. The molecule has 0 amide bonds. The van der Waals surface area contributed by atoms with E-state index >= 15 is 0 Å². The van der Waals surface area contributed by atoms with Crippen LogP contribution in [0.25, 0.3) is 0 Å². The van der Waals surface area contributed by atoms with Gasteiger partial charge < -0.3 is 5.11 Å². The molecule has 0 aliphatic heterocycles. The van der Waals surface area contributed by atoms with Crippen LogP contribution in [0, 0.1) is 0 Å². The summed E-state index contributed by atoms with van der Waals surface area (Å²) in [7, 11) is 0. The lowest BCUT2D eigenvalue weighted by atomic mass is 10.2. The van der Waals surface area contributed by atoms with Crippen LogP contribution < -0.4 is 0 Å². The molecule has 56 valence electrons. The van der Waals surface area contributed by atoms with Crippen molar-refractivity contribution in [2.24, 2.45) is 0 Å². The van der Waals surface area contributed by atoms with Gasteiger partial charge in [-0.2, -0.15) is 0 Å². The normalized spacial score (nSPS) is 22.3. The Morgan fingerprint density at radius 3 is 1.78 bits per heavy atom. The fourth-order valence-corrected chi connectivity index (χ4v) is 1.26. The maximum absolute atomic E-state index is 9.09. The molecule has 0 saturated heterocycles. The molecule has 0 spiro atoms. The van der Waals surface area contributed by atoms with E-state index in [2.05, 4.69) is 0 Å². The average Bonchev–Trinajstić information content (AvgIpc) is 1.94. The maximum Gasteiger partial charge on any atom is 0.0540 e. The third-order valence-corrected chi connectivity index (χ3v) is 1.82. The van der Waals surface area contributed by atoms with Crippen LogP contribution >= 0.6 is 12.4 Å². The third kappa shape index (κ3) is 3.77. The minimum absolute atomic E-state index is 0. The quantitative estimate of drug-likeness (QED) is 0.525. The van der Waals surface area contributed by atoms with Crippen LogP contribution in [0.4, 0.5) is 0 Å². The summed E-state index contributed by atoms with van der Waals surface area (Å²) in [6, 6.07) is 0. The second-order valence-electron chi connectivity index (χ2n) is 2.65. The number of halogens is 1. The molecule has 1 nitrogen and oxygen atoms in total. The van der Waals surface area contributed by atoms with Crippen molar-refractivity contribution < 1.29 is 5.11 Å². The summed E-state index contributed by atoms with van der Waals surface area (Å²) < 4.78 is 0. The summed E-state index contributed by atoms with van der Waals surface area (Å²) in [5.74, 6) is 0. The zero-order chi connectivity index (χ0) is 5.82. The molecular formula is C7H15ClO. The summed E-state index contributed by atoms with van der Waals surface area (Å²) in [5.41, 5.74) is 0. The van der Waals surface area contributed by atoms with Crippen molar-refractivity contribution in [3.8, 4) is 0 Å². The number of aliphatic hydroxyl groups excluding tert-OH is 1. The van der Waals surface area contributed by atoms with Gasteiger partial charge >= 0.3 is 0 Å². The first-order chi connectivity index (χ1) is 3.89. The summed E-state index contributed by atoms with van der Waals surface area (Å²) in [5, 5.41) is 9.09. The second kappa shape index (κ2) is 5.07. The van der Waals surface area contributed by atoms with Gasteiger partial charge in [0.05, 0.1) is 6.10 Å². The van der Waals surface area contributed by atoms with Crippen molar-refractivity contribution in [3.63, 3.8) is 0 Å². The molecule has 0 radical (unpaired) electrons. The minimum atomic E-state index is 0. The SMILES string of the molecule is Cl.OC1CCCCCC1. The zero-order valence-electron chi connectivity index (χ0n) is 5.68. The molecule has 0 atom stereocenters. The van der Waals surface area contributed by atoms with Crippen molar-refractivity contribution in [1.82, 2.24) is 0 Å². The van der Waals surface area contributed by atoms with E-state index in [4.69, 9.17) is 5.11 Å². The van der Waals surface area contributed by atoms with Gasteiger partial charge in [0, 0.05) is 0 Å². The highest BCUT2D eigenvalue weighted by atomic mass is 35.5. The Bertz CT molecular complexity index is 57.9. The molecule has 0 aromatic carbocycles. The Labute approximate surface area is 62.9 Å². The van der Waals surface area contributed by atoms with Gasteiger partial charge in [-0.3, -0.25) is 0 Å². The van der Waals surface area contributed by atoms with Gasteiger partial charge in [0.1, 0.15) is 0 Å². The van der Waals surface area contributed by atoms with E-state index in [1.807, 2.05) is 0 Å². The standard InChI is InChI=1S/C7H14O.ClH/c8-7-5-3-1-2-4-6-7;/h7-8H,1-6H2;1H. The lowest BCUT2D eigenvalue weighted by Gasteiger charge is -2.02. The zero-order valence-corrected chi connectivity index (χ0v) is 6.49. The third-order valence-electron chi connectivity index (χ3n) is 1.82. The molecule has 2 heteroatoms. The van der Waals surface area contributed by atoms with Crippen molar-refractivity contribution in [2.45, 2.75) is 44.6 Å². The Balaban J connectivity index is 0.000000640. The van der Waals surface area contributed by atoms with Gasteiger partial charge in [-0.05, 0) is 12.8 Å². The van der Waals surface area contributed by atoms with Gasteiger partial charge in [0.2, 0.25) is 0 Å². The number of aliphatic hydroxyl groups is 1. The van der Waals surface area contributed by atoms with Crippen LogP contribution in [0.3, 0.4) is 0 Å². The highest BCUT2D eigenvalue weighted by molar-refractivity contribution is 5.85. The van der Waals surface area contributed by atoms with Crippen molar-refractivity contribution >= 4 is 12.4 Å². The van der Waals surface area contributed by atoms with Gasteiger partial charge in [-0.25, -0.2) is 0 Å². The highest BCUT2D eigenvalue weighted by Crippen LogP contribution is 2.16. The average molecular weight is 151 g/mol. The minimum Gasteiger partial charge on any atom is -0.393 e. The van der Waals surface area contributed by atoms with Crippen LogP contribution in [0.15, 0.2) is 0 Å². The summed E-state index contributed by atoms with van der Waals surface area (Å²) in [6.07, 6.45) is 7.24. The van der Waals surface area contributed by atoms with E-state index in [0.717, 1.165) is 12.8 Å². The maximum atomic E-state index is 9.09. The molecule has 0 unspecified atom stereocenters. The summed E-state index contributed by atoms with van der Waals surface area (Å²) >= 11 is 0. The van der Waals surface area contributed by atoms with E-state index in [9.17, 15) is 0 Å². The Morgan fingerprint density at radius 1 is 0.889 bits per heavy atom. The molecule has 9 heavy (non-hydrogen) atoms. The second-order valence-corrected chi connectivity index (χ2v) is 2.65. The predicted molar refractivity (Wildman–Crippen MR) is 41.0 cm³/mol. The smallest absolute Gasteiger partial charge is 0.0540 e. The first-order valence-electron chi connectivity index (χ1n) is 3.57. The van der Waals surface area contributed by atoms with Gasteiger partial charge in [0.25, 0.3) is 0 Å². The molecular weight excluding hydrogens is 136 g/mol. The highest BCUT2D eigenvalue weighted by Gasteiger charge is 2.06. The molecule has 0 aromatic heterocycles. The van der Waals surface area contributed by atoms with Crippen LogP contribution in [-0.2, 0) is 0 Å². The van der Waals surface area contributed by atoms with Gasteiger partial charge in [-0.1, -0.05) is 25.7 Å².